The van der Waals surface area contributed by atoms with Crippen LogP contribution in [0.2, 0.25) is 0 Å². The van der Waals surface area contributed by atoms with E-state index in [0.717, 1.165) is 86.1 Å². The van der Waals surface area contributed by atoms with Gasteiger partial charge in [-0.15, -0.1) is 0 Å². The predicted octanol–water partition coefficient (Wildman–Crippen LogP) is 3.12. The first kappa shape index (κ1) is 21.6. The molecule has 9 nitrogen and oxygen atoms in total. The van der Waals surface area contributed by atoms with Gasteiger partial charge in [-0.05, 0) is 31.7 Å². The zero-order chi connectivity index (χ0) is 22.6. The Bertz CT molecular complexity index is 1080. The van der Waals surface area contributed by atoms with E-state index in [4.69, 9.17) is 9.47 Å². The third kappa shape index (κ3) is 5.08. The van der Waals surface area contributed by atoms with E-state index in [2.05, 4.69) is 42.3 Å². The molecule has 1 saturated carbocycles. The number of hydrogen-bond donors (Lipinski definition) is 1. The SMILES string of the molecule is CN(C)c1cc(N[C@H]2CC[C@@H](Oc3cc(N4CCOCC4)cc4nccnc34)CC2)ncn1. The van der Waals surface area contributed by atoms with Gasteiger partial charge in [0.2, 0.25) is 0 Å². The summed E-state index contributed by atoms with van der Waals surface area (Å²) in [6.07, 6.45) is 9.25. The zero-order valence-corrected chi connectivity index (χ0v) is 19.3. The van der Waals surface area contributed by atoms with Crippen LogP contribution < -0.4 is 19.9 Å². The fourth-order valence-corrected chi connectivity index (χ4v) is 4.51. The number of hydrogen-bond acceptors (Lipinski definition) is 9. The Morgan fingerprint density at radius 3 is 2.55 bits per heavy atom. The highest BCUT2D eigenvalue weighted by atomic mass is 16.5. The standard InChI is InChI=1S/C24H31N7O2/c1-30(2)23-15-22(27-16-28-23)29-17-3-5-19(6-4-17)33-21-14-18(31-9-11-32-12-10-31)13-20-24(21)26-8-7-25-20/h7-8,13-17,19H,3-6,9-12H2,1-2H3,(H,27,28,29)/t17-,19+. The van der Waals surface area contributed by atoms with Gasteiger partial charge in [0.25, 0.3) is 0 Å². The molecule has 2 aliphatic rings. The Hall–Kier alpha value is -3.20. The van der Waals surface area contributed by atoms with Gasteiger partial charge in [-0.2, -0.15) is 0 Å². The second-order valence-electron chi connectivity index (χ2n) is 8.86. The number of morpholine rings is 1. The maximum Gasteiger partial charge on any atom is 0.149 e. The van der Waals surface area contributed by atoms with Crippen molar-refractivity contribution in [1.82, 2.24) is 19.9 Å². The summed E-state index contributed by atoms with van der Waals surface area (Å²) in [5.74, 6) is 2.60. The van der Waals surface area contributed by atoms with Crippen molar-refractivity contribution in [1.29, 1.82) is 0 Å². The van der Waals surface area contributed by atoms with Gasteiger partial charge < -0.3 is 24.6 Å². The summed E-state index contributed by atoms with van der Waals surface area (Å²) in [5.41, 5.74) is 2.82. The number of fused-ring (bicyclic) bond motifs is 1. The van der Waals surface area contributed by atoms with E-state index < -0.39 is 0 Å². The van der Waals surface area contributed by atoms with E-state index in [9.17, 15) is 0 Å². The van der Waals surface area contributed by atoms with Crippen molar-refractivity contribution in [2.24, 2.45) is 0 Å². The van der Waals surface area contributed by atoms with Gasteiger partial charge in [0.05, 0.1) is 24.8 Å². The lowest BCUT2D eigenvalue weighted by Gasteiger charge is -2.31. The maximum atomic E-state index is 6.53. The third-order valence-electron chi connectivity index (χ3n) is 6.33. The molecule has 0 bridgehead atoms. The molecule has 0 unspecified atom stereocenters. The molecule has 1 N–H and O–H groups in total. The summed E-state index contributed by atoms with van der Waals surface area (Å²) in [5, 5.41) is 3.57. The molecule has 1 aliphatic heterocycles. The number of anilines is 3. The van der Waals surface area contributed by atoms with Gasteiger partial charge in [-0.25, -0.2) is 15.0 Å². The summed E-state index contributed by atoms with van der Waals surface area (Å²) in [7, 11) is 3.97. The maximum absolute atomic E-state index is 6.53. The molecule has 1 saturated heterocycles. The van der Waals surface area contributed by atoms with Gasteiger partial charge in [-0.3, -0.25) is 4.98 Å². The number of aromatic nitrogens is 4. The molecular formula is C24H31N7O2. The summed E-state index contributed by atoms with van der Waals surface area (Å²) in [6.45, 7) is 3.24. The molecule has 0 amide bonds. The molecule has 1 aliphatic carbocycles. The first-order valence-corrected chi connectivity index (χ1v) is 11.7. The molecule has 9 heteroatoms. The fourth-order valence-electron chi connectivity index (χ4n) is 4.51. The molecule has 3 heterocycles. The minimum Gasteiger partial charge on any atom is -0.488 e. The van der Waals surface area contributed by atoms with Crippen molar-refractivity contribution in [3.63, 3.8) is 0 Å². The van der Waals surface area contributed by atoms with Crippen LogP contribution in [0.25, 0.3) is 11.0 Å². The molecule has 33 heavy (non-hydrogen) atoms. The largest absolute Gasteiger partial charge is 0.488 e. The number of rotatable bonds is 6. The van der Waals surface area contributed by atoms with Crippen LogP contribution in [0.5, 0.6) is 5.75 Å². The van der Waals surface area contributed by atoms with Crippen molar-refractivity contribution in [2.45, 2.75) is 37.8 Å². The quantitative estimate of drug-likeness (QED) is 0.610. The van der Waals surface area contributed by atoms with Crippen molar-refractivity contribution in [2.75, 3.05) is 55.5 Å². The lowest BCUT2D eigenvalue weighted by Crippen LogP contribution is -2.36. The second kappa shape index (κ2) is 9.74. The smallest absolute Gasteiger partial charge is 0.149 e. The molecule has 3 aromatic rings. The highest BCUT2D eigenvalue weighted by molar-refractivity contribution is 5.85. The van der Waals surface area contributed by atoms with Gasteiger partial charge in [0.1, 0.15) is 29.2 Å². The molecule has 0 atom stereocenters. The average Bonchev–Trinajstić information content (AvgIpc) is 2.86. The van der Waals surface area contributed by atoms with Crippen LogP contribution in [-0.4, -0.2) is 72.5 Å². The van der Waals surface area contributed by atoms with E-state index in [0.29, 0.717) is 6.04 Å². The van der Waals surface area contributed by atoms with E-state index >= 15 is 0 Å². The summed E-state index contributed by atoms with van der Waals surface area (Å²) in [4.78, 5) is 22.1. The Morgan fingerprint density at radius 2 is 1.76 bits per heavy atom. The Morgan fingerprint density at radius 1 is 0.970 bits per heavy atom. The topological polar surface area (TPSA) is 88.5 Å². The van der Waals surface area contributed by atoms with Crippen LogP contribution in [0, 0.1) is 0 Å². The molecule has 0 spiro atoms. The van der Waals surface area contributed by atoms with Crippen LogP contribution in [0.15, 0.2) is 36.9 Å². The van der Waals surface area contributed by atoms with Crippen LogP contribution in [0.1, 0.15) is 25.7 Å². The number of nitrogens with one attached hydrogen (secondary N) is 1. The summed E-state index contributed by atoms with van der Waals surface area (Å²) in [6, 6.07) is 6.59. The molecule has 174 valence electrons. The van der Waals surface area contributed by atoms with Gasteiger partial charge >= 0.3 is 0 Å². The zero-order valence-electron chi connectivity index (χ0n) is 19.3. The van der Waals surface area contributed by atoms with Crippen molar-refractivity contribution >= 4 is 28.4 Å². The van der Waals surface area contributed by atoms with Gasteiger partial charge in [-0.1, -0.05) is 0 Å². The monoisotopic (exact) mass is 449 g/mol. The molecule has 5 rings (SSSR count). The van der Waals surface area contributed by atoms with Crippen molar-refractivity contribution < 1.29 is 9.47 Å². The fraction of sp³-hybridized carbons (Fsp3) is 0.500. The van der Waals surface area contributed by atoms with Crippen LogP contribution in [0.4, 0.5) is 17.3 Å². The van der Waals surface area contributed by atoms with E-state index in [-0.39, 0.29) is 6.10 Å². The Labute approximate surface area is 194 Å². The van der Waals surface area contributed by atoms with Crippen molar-refractivity contribution in [3.05, 3.63) is 36.9 Å². The normalized spacial score (nSPS) is 21.1. The van der Waals surface area contributed by atoms with Crippen LogP contribution in [-0.2, 0) is 4.74 Å². The molecule has 1 aromatic carbocycles. The Balaban J connectivity index is 1.26. The minimum atomic E-state index is 0.163. The molecular weight excluding hydrogens is 418 g/mol. The minimum absolute atomic E-state index is 0.163. The van der Waals surface area contributed by atoms with E-state index in [1.165, 1.54) is 0 Å². The number of ether oxygens (including phenoxy) is 2. The first-order chi connectivity index (χ1) is 16.2. The van der Waals surface area contributed by atoms with Gasteiger partial charge in [0, 0.05) is 63.4 Å². The predicted molar refractivity (Wildman–Crippen MR) is 129 cm³/mol. The average molecular weight is 450 g/mol. The molecule has 2 aromatic heterocycles. The number of nitrogens with zero attached hydrogens (tertiary/aromatic N) is 6. The first-order valence-electron chi connectivity index (χ1n) is 11.7. The summed E-state index contributed by atoms with van der Waals surface area (Å²) < 4.78 is 12.0. The number of benzene rings is 1. The van der Waals surface area contributed by atoms with E-state index in [1.807, 2.05) is 25.1 Å². The van der Waals surface area contributed by atoms with Gasteiger partial charge in [0.15, 0.2) is 0 Å². The Kier molecular flexibility index (Phi) is 6.39. The van der Waals surface area contributed by atoms with Crippen LogP contribution in [0.3, 0.4) is 0 Å². The lowest BCUT2D eigenvalue weighted by molar-refractivity contribution is 0.122. The molecule has 0 radical (unpaired) electrons. The van der Waals surface area contributed by atoms with Crippen LogP contribution >= 0.6 is 0 Å². The lowest BCUT2D eigenvalue weighted by atomic mass is 9.93. The molecule has 2 fully saturated rings. The van der Waals surface area contributed by atoms with Crippen molar-refractivity contribution in [3.8, 4) is 5.75 Å². The highest BCUT2D eigenvalue weighted by Crippen LogP contribution is 2.33. The second-order valence-corrected chi connectivity index (χ2v) is 8.86. The van der Waals surface area contributed by atoms with E-state index in [1.54, 1.807) is 18.7 Å². The highest BCUT2D eigenvalue weighted by Gasteiger charge is 2.24. The third-order valence-corrected chi connectivity index (χ3v) is 6.33. The summed E-state index contributed by atoms with van der Waals surface area (Å²) >= 11 is 0.